The maximum atomic E-state index is 12.4. The first-order valence-electron chi connectivity index (χ1n) is 10.2. The molecule has 1 N–H and O–H groups in total. The monoisotopic (exact) mass is 546 g/mol. The number of amides is 2. The van der Waals surface area contributed by atoms with Crippen molar-refractivity contribution in [3.05, 3.63) is 97.3 Å². The Morgan fingerprint density at radius 3 is 2.46 bits per heavy atom. The van der Waals surface area contributed by atoms with Crippen molar-refractivity contribution >= 4 is 69.6 Å². The Balaban J connectivity index is 1.47. The molecular weight excluding hydrogens is 531 g/mol. The molecule has 0 unspecified atom stereocenters. The van der Waals surface area contributed by atoms with Crippen molar-refractivity contribution in [1.82, 2.24) is 5.32 Å². The van der Waals surface area contributed by atoms with Crippen LogP contribution in [0.5, 0.6) is 11.5 Å². The van der Waals surface area contributed by atoms with E-state index in [4.69, 9.17) is 44.3 Å². The molecule has 3 aromatic carbocycles. The van der Waals surface area contributed by atoms with Crippen LogP contribution in [-0.4, -0.2) is 24.1 Å². The summed E-state index contributed by atoms with van der Waals surface area (Å²) in [6, 6.07) is 16.8. The Morgan fingerprint density at radius 2 is 1.74 bits per heavy atom. The van der Waals surface area contributed by atoms with Gasteiger partial charge in [0.05, 0.1) is 12.0 Å². The fourth-order valence-electron chi connectivity index (χ4n) is 3.07. The van der Waals surface area contributed by atoms with Crippen molar-refractivity contribution < 1.29 is 19.1 Å². The van der Waals surface area contributed by atoms with Crippen molar-refractivity contribution in [2.75, 3.05) is 7.11 Å². The molecule has 1 aliphatic rings. The number of amidine groups is 1. The molecule has 0 saturated carbocycles. The number of thioether (sulfide) groups is 1. The second kappa shape index (κ2) is 11.2. The van der Waals surface area contributed by atoms with Crippen molar-refractivity contribution in [2.45, 2.75) is 6.61 Å². The van der Waals surface area contributed by atoms with Gasteiger partial charge in [-0.25, -0.2) is 0 Å². The molecule has 10 heteroatoms. The number of benzene rings is 3. The van der Waals surface area contributed by atoms with Crippen LogP contribution in [-0.2, 0) is 11.4 Å². The zero-order valence-electron chi connectivity index (χ0n) is 18.2. The lowest BCUT2D eigenvalue weighted by Gasteiger charge is -2.12. The van der Waals surface area contributed by atoms with Crippen LogP contribution in [0.2, 0.25) is 15.1 Å². The number of methoxy groups -OCH3 is 1. The molecule has 1 saturated heterocycles. The number of aliphatic imine (C=N–C) groups is 1. The van der Waals surface area contributed by atoms with Crippen molar-refractivity contribution in [1.29, 1.82) is 0 Å². The van der Waals surface area contributed by atoms with Gasteiger partial charge in [-0.2, -0.15) is 4.99 Å². The lowest BCUT2D eigenvalue weighted by Crippen LogP contribution is -2.20. The zero-order chi connectivity index (χ0) is 24.9. The maximum Gasteiger partial charge on any atom is 0.279 e. The third-order valence-electron chi connectivity index (χ3n) is 4.83. The van der Waals surface area contributed by atoms with Crippen molar-refractivity contribution in [3.8, 4) is 11.5 Å². The van der Waals surface area contributed by atoms with E-state index < -0.39 is 5.91 Å². The summed E-state index contributed by atoms with van der Waals surface area (Å²) in [5.41, 5.74) is 1.86. The van der Waals surface area contributed by atoms with Crippen LogP contribution >= 0.6 is 46.6 Å². The Morgan fingerprint density at radius 1 is 1.00 bits per heavy atom. The van der Waals surface area contributed by atoms with Gasteiger partial charge in [0.2, 0.25) is 0 Å². The summed E-state index contributed by atoms with van der Waals surface area (Å²) in [7, 11) is 1.53. The molecule has 2 amide bonds. The molecule has 6 nitrogen and oxygen atoms in total. The summed E-state index contributed by atoms with van der Waals surface area (Å²) in [5.74, 6) is 0.170. The van der Waals surface area contributed by atoms with Crippen LogP contribution in [0.1, 0.15) is 21.5 Å². The SMILES string of the molecule is COc1cc(/C=C2\SC(=NC(=O)c3ccc(Cl)cc3)NC2=O)ccc1OCc1ccc(Cl)cc1Cl. The Hall–Kier alpha value is -2.97. The molecule has 0 aromatic heterocycles. The molecule has 3 aromatic rings. The molecule has 1 heterocycles. The number of nitrogens with one attached hydrogen (secondary N) is 1. The predicted molar refractivity (Wildman–Crippen MR) is 141 cm³/mol. The van der Waals surface area contributed by atoms with E-state index in [9.17, 15) is 9.59 Å². The number of hydrogen-bond acceptors (Lipinski definition) is 5. The zero-order valence-corrected chi connectivity index (χ0v) is 21.3. The highest BCUT2D eigenvalue weighted by Crippen LogP contribution is 2.33. The summed E-state index contributed by atoms with van der Waals surface area (Å²) in [4.78, 5) is 29.1. The molecule has 0 bridgehead atoms. The number of hydrogen-bond donors (Lipinski definition) is 1. The molecule has 0 aliphatic carbocycles. The molecule has 0 spiro atoms. The van der Waals surface area contributed by atoms with E-state index in [1.165, 1.54) is 7.11 Å². The van der Waals surface area contributed by atoms with E-state index in [0.29, 0.717) is 42.6 Å². The second-order valence-electron chi connectivity index (χ2n) is 7.23. The topological polar surface area (TPSA) is 77.0 Å². The van der Waals surface area contributed by atoms with Crippen LogP contribution in [0.4, 0.5) is 0 Å². The van der Waals surface area contributed by atoms with Crippen LogP contribution < -0.4 is 14.8 Å². The van der Waals surface area contributed by atoms with Gasteiger partial charge < -0.3 is 14.8 Å². The second-order valence-corrected chi connectivity index (χ2v) is 9.54. The molecule has 178 valence electrons. The molecule has 0 atom stereocenters. The Kier molecular flexibility index (Phi) is 8.03. The third kappa shape index (κ3) is 6.38. The standard InChI is InChI=1S/C25H17Cl3N2O4S/c1-33-21-10-14(2-9-20(21)34-13-16-5-8-18(27)12-19(16)28)11-22-24(32)30-25(35-22)29-23(31)15-3-6-17(26)7-4-15/h2-12H,13H2,1H3,(H,29,30,31,32)/b22-11-. The summed E-state index contributed by atoms with van der Waals surface area (Å²) >= 11 is 19.1. The molecule has 1 aliphatic heterocycles. The summed E-state index contributed by atoms with van der Waals surface area (Å²) in [6.45, 7) is 0.229. The van der Waals surface area contributed by atoms with E-state index >= 15 is 0 Å². The number of rotatable bonds is 6. The minimum absolute atomic E-state index is 0.202. The first kappa shape index (κ1) is 25.1. The van der Waals surface area contributed by atoms with Gasteiger partial charge >= 0.3 is 0 Å². The third-order valence-corrected chi connectivity index (χ3v) is 6.58. The van der Waals surface area contributed by atoms with Gasteiger partial charge in [0.15, 0.2) is 16.7 Å². The van der Waals surface area contributed by atoms with Gasteiger partial charge in [0.1, 0.15) is 6.61 Å². The predicted octanol–water partition coefficient (Wildman–Crippen LogP) is 6.63. The minimum Gasteiger partial charge on any atom is -0.493 e. The smallest absolute Gasteiger partial charge is 0.279 e. The average Bonchev–Trinajstić information content (AvgIpc) is 3.17. The number of halogens is 3. The van der Waals surface area contributed by atoms with E-state index in [-0.39, 0.29) is 17.7 Å². The first-order chi connectivity index (χ1) is 16.8. The number of carbonyl (C=O) groups excluding carboxylic acids is 2. The van der Waals surface area contributed by atoms with Gasteiger partial charge in [-0.1, -0.05) is 46.9 Å². The van der Waals surface area contributed by atoms with Crippen molar-refractivity contribution in [2.24, 2.45) is 4.99 Å². The lowest BCUT2D eigenvalue weighted by molar-refractivity contribution is -0.115. The fraction of sp³-hybridized carbons (Fsp3) is 0.0800. The van der Waals surface area contributed by atoms with Gasteiger partial charge in [-0.15, -0.1) is 0 Å². The molecule has 1 fully saturated rings. The van der Waals surface area contributed by atoms with Gasteiger partial charge in [0.25, 0.3) is 11.8 Å². The highest BCUT2D eigenvalue weighted by atomic mass is 35.5. The maximum absolute atomic E-state index is 12.4. The van der Waals surface area contributed by atoms with E-state index in [0.717, 1.165) is 17.3 Å². The number of ether oxygens (including phenoxy) is 2. The summed E-state index contributed by atoms with van der Waals surface area (Å²) < 4.78 is 11.3. The minimum atomic E-state index is -0.477. The summed E-state index contributed by atoms with van der Waals surface area (Å²) in [6.07, 6.45) is 1.68. The van der Waals surface area contributed by atoms with Crippen LogP contribution in [0, 0.1) is 0 Å². The van der Waals surface area contributed by atoms with Crippen LogP contribution in [0.25, 0.3) is 6.08 Å². The highest BCUT2D eigenvalue weighted by Gasteiger charge is 2.25. The highest BCUT2D eigenvalue weighted by molar-refractivity contribution is 8.18. The summed E-state index contributed by atoms with van der Waals surface area (Å²) in [5, 5.41) is 4.38. The Bertz CT molecular complexity index is 1360. The molecule has 4 rings (SSSR count). The fourth-order valence-corrected chi connectivity index (χ4v) is 4.48. The van der Waals surface area contributed by atoms with Crippen LogP contribution in [0.15, 0.2) is 70.6 Å². The van der Waals surface area contributed by atoms with E-state index in [1.54, 1.807) is 66.7 Å². The molecule has 0 radical (unpaired) electrons. The van der Waals surface area contributed by atoms with E-state index in [1.807, 2.05) is 0 Å². The average molecular weight is 548 g/mol. The number of carbonyl (C=O) groups is 2. The van der Waals surface area contributed by atoms with E-state index in [2.05, 4.69) is 10.3 Å². The number of nitrogens with zero attached hydrogens (tertiary/aromatic N) is 1. The normalized spacial score (nSPS) is 15.4. The van der Waals surface area contributed by atoms with Gasteiger partial charge in [0, 0.05) is 26.2 Å². The molecule has 35 heavy (non-hydrogen) atoms. The van der Waals surface area contributed by atoms with Crippen molar-refractivity contribution in [3.63, 3.8) is 0 Å². The lowest BCUT2D eigenvalue weighted by atomic mass is 10.2. The largest absolute Gasteiger partial charge is 0.493 e. The van der Waals surface area contributed by atoms with Gasteiger partial charge in [-0.05, 0) is 71.9 Å². The van der Waals surface area contributed by atoms with Gasteiger partial charge in [-0.3, -0.25) is 9.59 Å². The first-order valence-corrected chi connectivity index (χ1v) is 12.1. The van der Waals surface area contributed by atoms with Crippen LogP contribution in [0.3, 0.4) is 0 Å². The quantitative estimate of drug-likeness (QED) is 0.350. The molecular formula is C25H17Cl3N2O4S. The Labute approximate surface area is 220 Å².